The summed E-state index contributed by atoms with van der Waals surface area (Å²) in [5, 5.41) is 3.42. The SMILES string of the molecule is COc1cc(CN2CCN[C@H](C)C2)cc(OC)c1OCC(N)=O. The lowest BCUT2D eigenvalue weighted by Crippen LogP contribution is -2.48. The lowest BCUT2D eigenvalue weighted by molar-refractivity contribution is -0.119. The molecule has 128 valence electrons. The Morgan fingerprint density at radius 1 is 1.35 bits per heavy atom. The van der Waals surface area contributed by atoms with Gasteiger partial charge in [-0.1, -0.05) is 0 Å². The van der Waals surface area contributed by atoms with E-state index in [-0.39, 0.29) is 6.61 Å². The molecule has 1 aliphatic rings. The van der Waals surface area contributed by atoms with Crippen LogP contribution in [0.15, 0.2) is 12.1 Å². The Hall–Kier alpha value is -1.99. The van der Waals surface area contributed by atoms with Crippen molar-refractivity contribution < 1.29 is 19.0 Å². The van der Waals surface area contributed by atoms with E-state index in [1.807, 2.05) is 12.1 Å². The maximum atomic E-state index is 10.9. The molecule has 0 unspecified atom stereocenters. The van der Waals surface area contributed by atoms with Gasteiger partial charge in [-0.15, -0.1) is 0 Å². The van der Waals surface area contributed by atoms with Crippen molar-refractivity contribution in [2.75, 3.05) is 40.5 Å². The van der Waals surface area contributed by atoms with Crippen molar-refractivity contribution in [3.05, 3.63) is 17.7 Å². The van der Waals surface area contributed by atoms with Gasteiger partial charge in [0.1, 0.15) is 0 Å². The number of nitrogens with one attached hydrogen (secondary N) is 1. The van der Waals surface area contributed by atoms with Crippen LogP contribution in [0.25, 0.3) is 0 Å². The Balaban J connectivity index is 2.19. The van der Waals surface area contributed by atoms with Crippen LogP contribution < -0.4 is 25.3 Å². The quantitative estimate of drug-likeness (QED) is 0.754. The molecule has 1 atom stereocenters. The first-order chi connectivity index (χ1) is 11.0. The largest absolute Gasteiger partial charge is 0.493 e. The lowest BCUT2D eigenvalue weighted by atomic mass is 10.1. The Bertz CT molecular complexity index is 525. The molecular weight excluding hydrogens is 298 g/mol. The minimum absolute atomic E-state index is 0.221. The first kappa shape index (κ1) is 17.4. The number of nitrogens with two attached hydrogens (primary N) is 1. The molecular formula is C16H25N3O4. The van der Waals surface area contributed by atoms with Crippen LogP contribution in [0.1, 0.15) is 12.5 Å². The molecule has 1 aliphatic heterocycles. The first-order valence-corrected chi connectivity index (χ1v) is 7.65. The summed E-state index contributed by atoms with van der Waals surface area (Å²) in [7, 11) is 3.12. The highest BCUT2D eigenvalue weighted by atomic mass is 16.5. The molecule has 3 N–H and O–H groups in total. The average molecular weight is 323 g/mol. The van der Waals surface area contributed by atoms with Gasteiger partial charge in [-0.2, -0.15) is 0 Å². The number of amides is 1. The van der Waals surface area contributed by atoms with Crippen molar-refractivity contribution >= 4 is 5.91 Å². The van der Waals surface area contributed by atoms with E-state index in [2.05, 4.69) is 17.1 Å². The number of ether oxygens (including phenoxy) is 3. The second kappa shape index (κ2) is 8.03. The maximum Gasteiger partial charge on any atom is 0.255 e. The number of piperazine rings is 1. The molecule has 0 aliphatic carbocycles. The highest BCUT2D eigenvalue weighted by Crippen LogP contribution is 2.38. The molecule has 23 heavy (non-hydrogen) atoms. The van der Waals surface area contributed by atoms with E-state index >= 15 is 0 Å². The first-order valence-electron chi connectivity index (χ1n) is 7.65. The second-order valence-electron chi connectivity index (χ2n) is 5.67. The lowest BCUT2D eigenvalue weighted by Gasteiger charge is -2.32. The molecule has 1 heterocycles. The highest BCUT2D eigenvalue weighted by molar-refractivity contribution is 5.75. The van der Waals surface area contributed by atoms with E-state index in [4.69, 9.17) is 19.9 Å². The maximum absolute atomic E-state index is 10.9. The Kier molecular flexibility index (Phi) is 6.06. The van der Waals surface area contributed by atoms with Crippen molar-refractivity contribution in [2.45, 2.75) is 19.5 Å². The second-order valence-corrected chi connectivity index (χ2v) is 5.67. The van der Waals surface area contributed by atoms with Crippen molar-refractivity contribution in [2.24, 2.45) is 5.73 Å². The molecule has 0 bridgehead atoms. The zero-order valence-electron chi connectivity index (χ0n) is 13.9. The number of carbonyl (C=O) groups is 1. The van der Waals surface area contributed by atoms with Gasteiger partial charge in [0, 0.05) is 32.2 Å². The minimum Gasteiger partial charge on any atom is -0.493 e. The molecule has 7 nitrogen and oxygen atoms in total. The van der Waals surface area contributed by atoms with E-state index in [1.54, 1.807) is 14.2 Å². The van der Waals surface area contributed by atoms with E-state index in [0.29, 0.717) is 23.3 Å². The molecule has 1 saturated heterocycles. The smallest absolute Gasteiger partial charge is 0.255 e. The van der Waals surface area contributed by atoms with E-state index in [0.717, 1.165) is 31.7 Å². The summed E-state index contributed by atoms with van der Waals surface area (Å²) in [4.78, 5) is 13.3. The molecule has 7 heteroatoms. The third kappa shape index (κ3) is 4.74. The number of hydrogen-bond acceptors (Lipinski definition) is 6. The average Bonchev–Trinajstić information content (AvgIpc) is 2.52. The molecule has 1 aromatic rings. The van der Waals surface area contributed by atoms with Crippen molar-refractivity contribution in [3.8, 4) is 17.2 Å². The van der Waals surface area contributed by atoms with Crippen LogP contribution in [0.4, 0.5) is 0 Å². The topological polar surface area (TPSA) is 86.1 Å². The number of benzene rings is 1. The van der Waals surface area contributed by atoms with Crippen molar-refractivity contribution in [1.29, 1.82) is 0 Å². The van der Waals surface area contributed by atoms with Gasteiger partial charge >= 0.3 is 0 Å². The number of primary amides is 1. The standard InChI is InChI=1S/C16H25N3O4/c1-11-8-19(5-4-18-11)9-12-6-13(21-2)16(14(7-12)22-3)23-10-15(17)20/h6-7,11,18H,4-5,8-10H2,1-3H3,(H2,17,20)/t11-/m1/s1. The third-order valence-corrected chi connectivity index (χ3v) is 3.74. The predicted molar refractivity (Wildman–Crippen MR) is 87.0 cm³/mol. The zero-order chi connectivity index (χ0) is 16.8. The van der Waals surface area contributed by atoms with E-state index < -0.39 is 5.91 Å². The normalized spacial score (nSPS) is 18.5. The fourth-order valence-electron chi connectivity index (χ4n) is 2.73. The van der Waals surface area contributed by atoms with Crippen molar-refractivity contribution in [1.82, 2.24) is 10.2 Å². The molecule has 1 amide bonds. The summed E-state index contributed by atoms with van der Waals surface area (Å²) in [6.07, 6.45) is 0. The van der Waals surface area contributed by atoms with Crippen LogP contribution in [0.3, 0.4) is 0 Å². The number of hydrogen-bond donors (Lipinski definition) is 2. The van der Waals surface area contributed by atoms with Crippen LogP contribution in [0.5, 0.6) is 17.2 Å². The molecule has 0 saturated carbocycles. The van der Waals surface area contributed by atoms with Crippen LogP contribution >= 0.6 is 0 Å². The third-order valence-electron chi connectivity index (χ3n) is 3.74. The van der Waals surface area contributed by atoms with Gasteiger partial charge in [-0.05, 0) is 24.6 Å². The molecule has 0 spiro atoms. The van der Waals surface area contributed by atoms with Gasteiger partial charge in [0.15, 0.2) is 18.1 Å². The molecule has 1 aromatic carbocycles. The summed E-state index contributed by atoms with van der Waals surface area (Å²) >= 11 is 0. The Morgan fingerprint density at radius 2 is 2.00 bits per heavy atom. The predicted octanol–water partition coefficient (Wildman–Crippen LogP) is 0.362. The van der Waals surface area contributed by atoms with Gasteiger partial charge in [0.05, 0.1) is 14.2 Å². The number of nitrogens with zero attached hydrogens (tertiary/aromatic N) is 1. The van der Waals surface area contributed by atoms with Crippen LogP contribution in [0, 0.1) is 0 Å². The highest BCUT2D eigenvalue weighted by Gasteiger charge is 2.19. The summed E-state index contributed by atoms with van der Waals surface area (Å²) in [6, 6.07) is 4.29. The van der Waals surface area contributed by atoms with Crippen LogP contribution in [-0.2, 0) is 11.3 Å². The minimum atomic E-state index is -0.548. The van der Waals surface area contributed by atoms with E-state index in [1.165, 1.54) is 0 Å². The van der Waals surface area contributed by atoms with Gasteiger partial charge in [-0.3, -0.25) is 9.69 Å². The van der Waals surface area contributed by atoms with Crippen LogP contribution in [0.2, 0.25) is 0 Å². The fraction of sp³-hybridized carbons (Fsp3) is 0.562. The number of methoxy groups -OCH3 is 2. The van der Waals surface area contributed by atoms with E-state index in [9.17, 15) is 4.79 Å². The van der Waals surface area contributed by atoms with Gasteiger partial charge < -0.3 is 25.3 Å². The van der Waals surface area contributed by atoms with Crippen molar-refractivity contribution in [3.63, 3.8) is 0 Å². The van der Waals surface area contributed by atoms with Crippen LogP contribution in [-0.4, -0.2) is 57.3 Å². The van der Waals surface area contributed by atoms with Gasteiger partial charge in [-0.25, -0.2) is 0 Å². The Morgan fingerprint density at radius 3 is 2.52 bits per heavy atom. The molecule has 0 radical (unpaired) electrons. The molecule has 0 aromatic heterocycles. The summed E-state index contributed by atoms with van der Waals surface area (Å²) in [5.74, 6) is 0.909. The van der Waals surface area contributed by atoms with Gasteiger partial charge in [0.2, 0.25) is 5.75 Å². The molecule has 2 rings (SSSR count). The fourth-order valence-corrected chi connectivity index (χ4v) is 2.73. The number of rotatable bonds is 7. The summed E-state index contributed by atoms with van der Waals surface area (Å²) in [5.41, 5.74) is 6.20. The number of carbonyl (C=O) groups excluding carboxylic acids is 1. The summed E-state index contributed by atoms with van der Waals surface area (Å²) in [6.45, 7) is 5.72. The zero-order valence-corrected chi connectivity index (χ0v) is 13.9. The summed E-state index contributed by atoms with van der Waals surface area (Å²) < 4.78 is 16.2. The Labute approximate surface area is 136 Å². The molecule has 1 fully saturated rings. The monoisotopic (exact) mass is 323 g/mol. The van der Waals surface area contributed by atoms with Gasteiger partial charge in [0.25, 0.3) is 5.91 Å².